The number of carbonyl (C=O) groups excluding carboxylic acids is 2. The molecule has 25 heavy (non-hydrogen) atoms. The second-order valence-electron chi connectivity index (χ2n) is 5.80. The van der Waals surface area contributed by atoms with Crippen molar-refractivity contribution in [2.75, 3.05) is 26.7 Å². The number of piperidine rings is 1. The fourth-order valence-corrected chi connectivity index (χ4v) is 3.84. The van der Waals surface area contributed by atoms with Gasteiger partial charge in [-0.3, -0.25) is 9.78 Å². The Hall–Kier alpha value is -2.00. The lowest BCUT2D eigenvalue weighted by Gasteiger charge is -2.34. The number of hydrogen-bond donors (Lipinski definition) is 0. The van der Waals surface area contributed by atoms with Crippen LogP contribution in [-0.2, 0) is 24.3 Å². The summed E-state index contributed by atoms with van der Waals surface area (Å²) in [6.45, 7) is 2.03. The Bertz CT molecular complexity index is 708. The molecule has 0 spiro atoms. The van der Waals surface area contributed by atoms with E-state index in [1.165, 1.54) is 36.5 Å². The maximum absolute atomic E-state index is 12.6. The predicted molar refractivity (Wildman–Crippen MR) is 90.0 cm³/mol. The monoisotopic (exact) mass is 369 g/mol. The highest BCUT2D eigenvalue weighted by molar-refractivity contribution is 7.89. The number of sulfonamides is 1. The Labute approximate surface area is 147 Å². The maximum atomic E-state index is 12.6. The first kappa shape index (κ1) is 19.3. The molecule has 1 saturated heterocycles. The van der Waals surface area contributed by atoms with Crippen molar-refractivity contribution < 1.29 is 22.7 Å². The van der Waals surface area contributed by atoms with Gasteiger partial charge in [0.25, 0.3) is 0 Å². The Balaban J connectivity index is 2.10. The predicted octanol–water partition coefficient (Wildman–Crippen LogP) is 0.646. The van der Waals surface area contributed by atoms with E-state index in [-0.39, 0.29) is 18.0 Å². The quantitative estimate of drug-likeness (QED) is 0.683. The van der Waals surface area contributed by atoms with Gasteiger partial charge in [-0.2, -0.15) is 4.31 Å². The Morgan fingerprint density at radius 2 is 2.16 bits per heavy atom. The molecule has 2 rings (SSSR count). The van der Waals surface area contributed by atoms with E-state index in [1.54, 1.807) is 6.92 Å². The van der Waals surface area contributed by atoms with Crippen molar-refractivity contribution in [2.24, 2.45) is 0 Å². The third-order valence-corrected chi connectivity index (χ3v) is 5.87. The van der Waals surface area contributed by atoms with Crippen LogP contribution in [0.4, 0.5) is 0 Å². The molecule has 0 saturated carbocycles. The van der Waals surface area contributed by atoms with Gasteiger partial charge in [0.2, 0.25) is 15.9 Å². The minimum atomic E-state index is -3.81. The number of esters is 1. The number of carbonyl (C=O) groups is 2. The lowest BCUT2D eigenvalue weighted by molar-refractivity contribution is -0.156. The minimum absolute atomic E-state index is 0.0193. The number of pyridine rings is 1. The summed E-state index contributed by atoms with van der Waals surface area (Å²) in [5, 5.41) is 0. The number of ether oxygens (including phenoxy) is 1. The van der Waals surface area contributed by atoms with Crippen molar-refractivity contribution in [3.8, 4) is 0 Å². The SMILES string of the molecule is CCOC(=O)[C@@H]1CCCCN1C(=O)CN(C)S(=O)(=O)c1cccnc1. The fourth-order valence-electron chi connectivity index (χ4n) is 2.76. The largest absolute Gasteiger partial charge is 0.464 e. The van der Waals surface area contributed by atoms with Crippen LogP contribution in [0.2, 0.25) is 0 Å². The van der Waals surface area contributed by atoms with Crippen LogP contribution < -0.4 is 0 Å². The van der Waals surface area contributed by atoms with Crippen molar-refractivity contribution >= 4 is 21.9 Å². The third-order valence-electron chi connectivity index (χ3n) is 4.08. The van der Waals surface area contributed by atoms with Gasteiger partial charge in [-0.15, -0.1) is 0 Å². The third kappa shape index (κ3) is 4.55. The smallest absolute Gasteiger partial charge is 0.328 e. The Morgan fingerprint density at radius 3 is 2.80 bits per heavy atom. The lowest BCUT2D eigenvalue weighted by atomic mass is 10.0. The molecule has 1 aliphatic rings. The van der Waals surface area contributed by atoms with Crippen molar-refractivity contribution in [2.45, 2.75) is 37.1 Å². The summed E-state index contributed by atoms with van der Waals surface area (Å²) in [5.74, 6) is -0.846. The van der Waals surface area contributed by atoms with Crippen molar-refractivity contribution in [3.63, 3.8) is 0 Å². The first-order valence-electron chi connectivity index (χ1n) is 8.20. The highest BCUT2D eigenvalue weighted by atomic mass is 32.2. The van der Waals surface area contributed by atoms with E-state index in [1.807, 2.05) is 0 Å². The molecule has 0 unspecified atom stereocenters. The molecule has 9 heteroatoms. The van der Waals surface area contributed by atoms with Crippen molar-refractivity contribution in [1.82, 2.24) is 14.2 Å². The molecule has 2 heterocycles. The van der Waals surface area contributed by atoms with Crippen molar-refractivity contribution in [3.05, 3.63) is 24.5 Å². The lowest BCUT2D eigenvalue weighted by Crippen LogP contribution is -2.51. The number of aromatic nitrogens is 1. The van der Waals surface area contributed by atoms with Crippen LogP contribution in [-0.4, -0.2) is 67.3 Å². The molecule has 1 amide bonds. The first-order chi connectivity index (χ1) is 11.9. The molecule has 1 aromatic heterocycles. The molecule has 0 aromatic carbocycles. The van der Waals surface area contributed by atoms with Gasteiger partial charge in [0.1, 0.15) is 10.9 Å². The van der Waals surface area contributed by atoms with Crippen molar-refractivity contribution in [1.29, 1.82) is 0 Å². The van der Waals surface area contributed by atoms with E-state index in [9.17, 15) is 18.0 Å². The zero-order valence-corrected chi connectivity index (χ0v) is 15.2. The van der Waals surface area contributed by atoms with Gasteiger partial charge in [-0.05, 0) is 38.3 Å². The molecule has 1 atom stereocenters. The molecule has 0 aliphatic carbocycles. The first-order valence-corrected chi connectivity index (χ1v) is 9.64. The summed E-state index contributed by atoms with van der Waals surface area (Å²) in [6.07, 6.45) is 4.85. The summed E-state index contributed by atoms with van der Waals surface area (Å²) >= 11 is 0. The highest BCUT2D eigenvalue weighted by Crippen LogP contribution is 2.20. The molecular weight excluding hydrogens is 346 g/mol. The van der Waals surface area contributed by atoms with Crippen LogP contribution in [0.3, 0.4) is 0 Å². The van der Waals surface area contributed by atoms with Gasteiger partial charge < -0.3 is 9.64 Å². The Morgan fingerprint density at radius 1 is 1.40 bits per heavy atom. The molecule has 1 fully saturated rings. The number of likely N-dealkylation sites (tertiary alicyclic amines) is 1. The zero-order valence-electron chi connectivity index (χ0n) is 14.4. The second-order valence-corrected chi connectivity index (χ2v) is 7.85. The topological polar surface area (TPSA) is 96.9 Å². The summed E-state index contributed by atoms with van der Waals surface area (Å²) < 4.78 is 31.0. The molecule has 0 N–H and O–H groups in total. The van der Waals surface area contributed by atoms with Gasteiger partial charge >= 0.3 is 5.97 Å². The van der Waals surface area contributed by atoms with Gasteiger partial charge in [-0.25, -0.2) is 13.2 Å². The number of likely N-dealkylation sites (N-methyl/N-ethyl adjacent to an activating group) is 1. The molecule has 0 bridgehead atoms. The number of nitrogens with zero attached hydrogens (tertiary/aromatic N) is 3. The van der Waals surface area contributed by atoms with E-state index in [0.29, 0.717) is 13.0 Å². The van der Waals surface area contributed by atoms with Crippen LogP contribution >= 0.6 is 0 Å². The molecule has 1 aromatic rings. The summed E-state index contributed by atoms with van der Waals surface area (Å²) in [7, 11) is -2.48. The summed E-state index contributed by atoms with van der Waals surface area (Å²) in [4.78, 5) is 29.9. The van der Waals surface area contributed by atoms with E-state index in [0.717, 1.165) is 17.1 Å². The number of amides is 1. The standard InChI is InChI=1S/C16H23N3O5S/c1-3-24-16(21)14-8-4-5-10-19(14)15(20)12-18(2)25(22,23)13-7-6-9-17-11-13/h6-7,9,11,14H,3-5,8,10,12H2,1-2H3/t14-/m0/s1. The van der Waals surface area contributed by atoms with Crippen LogP contribution in [0, 0.1) is 0 Å². The van der Waals surface area contributed by atoms with E-state index >= 15 is 0 Å². The van der Waals surface area contributed by atoms with Crippen LogP contribution in [0.1, 0.15) is 26.2 Å². The van der Waals surface area contributed by atoms with Gasteiger partial charge in [0, 0.05) is 26.0 Å². The average Bonchev–Trinajstić information content (AvgIpc) is 2.62. The summed E-state index contributed by atoms with van der Waals surface area (Å²) in [5.41, 5.74) is 0. The van der Waals surface area contributed by atoms with Crippen LogP contribution in [0.25, 0.3) is 0 Å². The molecule has 1 aliphatic heterocycles. The number of rotatable bonds is 6. The van der Waals surface area contributed by atoms with Gasteiger partial charge in [0.15, 0.2) is 0 Å². The van der Waals surface area contributed by atoms with Crippen LogP contribution in [0.5, 0.6) is 0 Å². The molecule has 8 nitrogen and oxygen atoms in total. The van der Waals surface area contributed by atoms with Gasteiger partial charge in [0.05, 0.1) is 13.2 Å². The fraction of sp³-hybridized carbons (Fsp3) is 0.562. The number of hydrogen-bond acceptors (Lipinski definition) is 6. The van der Waals surface area contributed by atoms with E-state index in [2.05, 4.69) is 4.98 Å². The Kier molecular flexibility index (Phi) is 6.49. The highest BCUT2D eigenvalue weighted by Gasteiger charge is 2.34. The average molecular weight is 369 g/mol. The normalized spacial score (nSPS) is 18.2. The minimum Gasteiger partial charge on any atom is -0.464 e. The molecule has 0 radical (unpaired) electrons. The maximum Gasteiger partial charge on any atom is 0.328 e. The molecule has 138 valence electrons. The molecular formula is C16H23N3O5S. The van der Waals surface area contributed by atoms with Gasteiger partial charge in [-0.1, -0.05) is 0 Å². The summed E-state index contributed by atoms with van der Waals surface area (Å²) in [6, 6.07) is 2.30. The van der Waals surface area contributed by atoms with Crippen LogP contribution in [0.15, 0.2) is 29.4 Å². The van der Waals surface area contributed by atoms with E-state index < -0.39 is 27.9 Å². The second kappa shape index (κ2) is 8.39. The zero-order chi connectivity index (χ0) is 18.4. The van der Waals surface area contributed by atoms with E-state index in [4.69, 9.17) is 4.74 Å².